The summed E-state index contributed by atoms with van der Waals surface area (Å²) in [6.45, 7) is 5.00. The molecule has 3 aromatic rings. The lowest BCUT2D eigenvalue weighted by Crippen LogP contribution is -2.35. The summed E-state index contributed by atoms with van der Waals surface area (Å²) >= 11 is 0. The van der Waals surface area contributed by atoms with Crippen molar-refractivity contribution in [3.63, 3.8) is 0 Å². The Hall–Kier alpha value is -4.01. The van der Waals surface area contributed by atoms with E-state index in [1.54, 1.807) is 54.8 Å². The first-order chi connectivity index (χ1) is 15.3. The van der Waals surface area contributed by atoms with Crippen molar-refractivity contribution in [3.05, 3.63) is 65.2 Å². The number of para-hydroxylation sites is 1. The van der Waals surface area contributed by atoms with Gasteiger partial charge in [0.05, 0.1) is 5.69 Å². The average Bonchev–Trinajstić information content (AvgIpc) is 3.34. The van der Waals surface area contributed by atoms with E-state index in [2.05, 4.69) is 10.3 Å². The summed E-state index contributed by atoms with van der Waals surface area (Å²) in [7, 11) is 0. The fourth-order valence-corrected chi connectivity index (χ4v) is 3.62. The van der Waals surface area contributed by atoms with Crippen LogP contribution in [0.4, 0.5) is 5.69 Å². The Bertz CT molecular complexity index is 1220. The van der Waals surface area contributed by atoms with E-state index < -0.39 is 12.6 Å². The molecule has 1 amide bonds. The van der Waals surface area contributed by atoms with Crippen LogP contribution in [0.15, 0.2) is 52.1 Å². The molecule has 3 heterocycles. The topological polar surface area (TPSA) is 107 Å². The van der Waals surface area contributed by atoms with Crippen molar-refractivity contribution >= 4 is 29.1 Å². The van der Waals surface area contributed by atoms with Crippen molar-refractivity contribution in [1.29, 1.82) is 0 Å². The van der Waals surface area contributed by atoms with Crippen LogP contribution in [0.25, 0.3) is 5.82 Å². The van der Waals surface area contributed by atoms with Crippen LogP contribution < -0.4 is 5.01 Å². The fraction of sp³-hybridized carbons (Fsp3) is 0.261. The van der Waals surface area contributed by atoms with Crippen molar-refractivity contribution in [2.24, 2.45) is 5.10 Å². The van der Waals surface area contributed by atoms with E-state index in [-0.39, 0.29) is 30.2 Å². The first-order valence-electron chi connectivity index (χ1n) is 10.1. The Morgan fingerprint density at radius 1 is 1.09 bits per heavy atom. The van der Waals surface area contributed by atoms with E-state index in [1.807, 2.05) is 13.0 Å². The van der Waals surface area contributed by atoms with Crippen LogP contribution in [0.5, 0.6) is 0 Å². The standard InChI is InChI=1S/C23H22N4O5/c1-14-11-18(16(3)26(14)21-12-15(2)32-25-21)20(28)13-31-23(30)19-9-10-22(29)27(24-19)17-7-5-4-6-8-17/h4-8,11-12H,9-10,13H2,1-3H3. The SMILES string of the molecule is Cc1cc(-n2c(C)cc(C(=O)COC(=O)C3=NN(c4ccccc4)C(=O)CC3)c2C)no1. The van der Waals surface area contributed by atoms with Crippen molar-refractivity contribution in [2.75, 3.05) is 11.6 Å². The number of esters is 1. The van der Waals surface area contributed by atoms with E-state index in [0.29, 0.717) is 28.5 Å². The van der Waals surface area contributed by atoms with Gasteiger partial charge in [-0.15, -0.1) is 0 Å². The maximum atomic E-state index is 12.8. The Morgan fingerprint density at radius 2 is 1.84 bits per heavy atom. The molecule has 32 heavy (non-hydrogen) atoms. The molecule has 0 saturated carbocycles. The van der Waals surface area contributed by atoms with Crippen LogP contribution in [0.3, 0.4) is 0 Å². The van der Waals surface area contributed by atoms with E-state index in [4.69, 9.17) is 9.26 Å². The van der Waals surface area contributed by atoms with Crippen LogP contribution >= 0.6 is 0 Å². The van der Waals surface area contributed by atoms with Gasteiger partial charge in [-0.2, -0.15) is 5.10 Å². The molecule has 4 rings (SSSR count). The van der Waals surface area contributed by atoms with Crippen LogP contribution in [-0.4, -0.2) is 39.7 Å². The number of hydrazone groups is 1. The number of hydrogen-bond donors (Lipinski definition) is 0. The number of benzene rings is 1. The fourth-order valence-electron chi connectivity index (χ4n) is 3.62. The molecule has 0 spiro atoms. The number of carbonyl (C=O) groups is 3. The molecule has 0 radical (unpaired) electrons. The number of ketones is 1. The van der Waals surface area contributed by atoms with Gasteiger partial charge in [-0.25, -0.2) is 9.80 Å². The van der Waals surface area contributed by atoms with E-state index in [0.717, 1.165) is 5.69 Å². The number of aromatic nitrogens is 2. The zero-order chi connectivity index (χ0) is 22.8. The summed E-state index contributed by atoms with van der Waals surface area (Å²) in [4.78, 5) is 37.5. The third-order valence-corrected chi connectivity index (χ3v) is 5.18. The first-order valence-corrected chi connectivity index (χ1v) is 10.1. The highest BCUT2D eigenvalue weighted by molar-refractivity contribution is 6.38. The van der Waals surface area contributed by atoms with E-state index >= 15 is 0 Å². The number of ether oxygens (including phenoxy) is 1. The minimum atomic E-state index is -0.715. The lowest BCUT2D eigenvalue weighted by Gasteiger charge is -2.22. The Balaban J connectivity index is 1.46. The van der Waals surface area contributed by atoms with Gasteiger partial charge in [0.2, 0.25) is 11.7 Å². The number of aryl methyl sites for hydroxylation is 2. The molecule has 1 aliphatic heterocycles. The molecule has 0 aliphatic carbocycles. The number of anilines is 1. The second kappa shape index (κ2) is 8.62. The number of hydrogen-bond acceptors (Lipinski definition) is 7. The average molecular weight is 434 g/mol. The lowest BCUT2D eigenvalue weighted by molar-refractivity contribution is -0.134. The summed E-state index contributed by atoms with van der Waals surface area (Å²) in [6.07, 6.45) is 0.296. The molecular formula is C23H22N4O5. The summed E-state index contributed by atoms with van der Waals surface area (Å²) in [6, 6.07) is 12.3. The minimum Gasteiger partial charge on any atom is -0.453 e. The maximum absolute atomic E-state index is 12.8. The molecule has 0 atom stereocenters. The summed E-state index contributed by atoms with van der Waals surface area (Å²) in [5.41, 5.74) is 2.58. The van der Waals surface area contributed by atoms with E-state index in [1.165, 1.54) is 5.01 Å². The predicted molar refractivity (Wildman–Crippen MR) is 116 cm³/mol. The molecule has 0 unspecified atom stereocenters. The van der Waals surface area contributed by atoms with Crippen molar-refractivity contribution in [2.45, 2.75) is 33.6 Å². The van der Waals surface area contributed by atoms with Gasteiger partial charge in [0, 0.05) is 35.9 Å². The van der Waals surface area contributed by atoms with Crippen LogP contribution in [0.1, 0.15) is 40.3 Å². The molecule has 0 fully saturated rings. The van der Waals surface area contributed by atoms with Crippen LogP contribution in [-0.2, 0) is 14.3 Å². The highest BCUT2D eigenvalue weighted by atomic mass is 16.5. The van der Waals surface area contributed by atoms with Crippen molar-refractivity contribution in [1.82, 2.24) is 9.72 Å². The summed E-state index contributed by atoms with van der Waals surface area (Å²) in [5, 5.41) is 9.34. The third kappa shape index (κ3) is 4.09. The van der Waals surface area contributed by atoms with Gasteiger partial charge < -0.3 is 9.26 Å². The summed E-state index contributed by atoms with van der Waals surface area (Å²) < 4.78 is 12.2. The van der Waals surface area contributed by atoms with Gasteiger partial charge in [0.15, 0.2) is 12.4 Å². The van der Waals surface area contributed by atoms with Crippen molar-refractivity contribution in [3.8, 4) is 5.82 Å². The monoisotopic (exact) mass is 434 g/mol. The van der Waals surface area contributed by atoms with Crippen molar-refractivity contribution < 1.29 is 23.6 Å². The van der Waals surface area contributed by atoms with Gasteiger partial charge in [0.1, 0.15) is 11.5 Å². The second-order valence-electron chi connectivity index (χ2n) is 7.50. The maximum Gasteiger partial charge on any atom is 0.354 e. The molecule has 0 bridgehead atoms. The molecule has 1 aliphatic rings. The number of Topliss-reactive ketones (excluding diaryl/α,β-unsaturated/α-hetero) is 1. The largest absolute Gasteiger partial charge is 0.453 e. The highest BCUT2D eigenvalue weighted by Crippen LogP contribution is 2.22. The molecule has 164 valence electrons. The van der Waals surface area contributed by atoms with Crippen LogP contribution in [0, 0.1) is 20.8 Å². The number of nitrogens with zero attached hydrogens (tertiary/aromatic N) is 4. The van der Waals surface area contributed by atoms with Gasteiger partial charge in [-0.05, 0) is 39.0 Å². The highest BCUT2D eigenvalue weighted by Gasteiger charge is 2.27. The quantitative estimate of drug-likeness (QED) is 0.435. The third-order valence-electron chi connectivity index (χ3n) is 5.18. The molecular weight excluding hydrogens is 412 g/mol. The van der Waals surface area contributed by atoms with Crippen LogP contribution in [0.2, 0.25) is 0 Å². The zero-order valence-corrected chi connectivity index (χ0v) is 18.0. The molecule has 0 N–H and O–H groups in total. The molecule has 9 nitrogen and oxygen atoms in total. The van der Waals surface area contributed by atoms with Gasteiger partial charge >= 0.3 is 5.97 Å². The number of amides is 1. The molecule has 9 heteroatoms. The second-order valence-corrected chi connectivity index (χ2v) is 7.50. The Kier molecular flexibility index (Phi) is 5.72. The zero-order valence-electron chi connectivity index (χ0n) is 18.0. The van der Waals surface area contributed by atoms with Gasteiger partial charge in [-0.1, -0.05) is 23.4 Å². The minimum absolute atomic E-state index is 0.102. The Morgan fingerprint density at radius 3 is 2.53 bits per heavy atom. The first kappa shape index (κ1) is 21.2. The molecule has 2 aromatic heterocycles. The normalized spacial score (nSPS) is 13.8. The predicted octanol–water partition coefficient (Wildman–Crippen LogP) is 3.30. The summed E-state index contributed by atoms with van der Waals surface area (Å²) in [5.74, 6) is -0.0289. The van der Waals surface area contributed by atoms with Gasteiger partial charge in [-0.3, -0.25) is 14.2 Å². The molecule has 0 saturated heterocycles. The molecule has 1 aromatic carbocycles. The number of rotatable bonds is 6. The van der Waals surface area contributed by atoms with Gasteiger partial charge in [0.25, 0.3) is 0 Å². The van der Waals surface area contributed by atoms with E-state index in [9.17, 15) is 14.4 Å². The Labute approximate surface area is 184 Å². The lowest BCUT2D eigenvalue weighted by atomic mass is 10.1. The smallest absolute Gasteiger partial charge is 0.354 e. The number of carbonyl (C=O) groups excluding carboxylic acids is 3.